The number of nitrogens with one attached hydrogen (secondary N) is 1. The number of carbonyl (C=O) groups excluding carboxylic acids is 1. The molecule has 106 valence electrons. The van der Waals surface area contributed by atoms with E-state index in [0.717, 1.165) is 12.8 Å². The van der Waals surface area contributed by atoms with Gasteiger partial charge < -0.3 is 5.32 Å². The molecular weight excluding hydrogens is 309 g/mol. The van der Waals surface area contributed by atoms with Gasteiger partial charge in [0, 0.05) is 17.1 Å². The lowest BCUT2D eigenvalue weighted by Crippen LogP contribution is -2.12. The molecule has 7 heteroatoms. The smallest absolute Gasteiger partial charge is 0.261 e. The average molecular weight is 324 g/mol. The Morgan fingerprint density at radius 2 is 2.00 bits per heavy atom. The second-order valence-corrected chi connectivity index (χ2v) is 7.16. The molecule has 0 aromatic heterocycles. The summed E-state index contributed by atoms with van der Waals surface area (Å²) in [6.07, 6.45) is 2.11. The van der Waals surface area contributed by atoms with Crippen molar-refractivity contribution in [3.63, 3.8) is 0 Å². The number of aryl methyl sites for hydroxylation is 1. The summed E-state index contributed by atoms with van der Waals surface area (Å²) >= 11 is 5.98. The highest BCUT2D eigenvalue weighted by atomic mass is 35.7. The number of benzene rings is 1. The Hall–Kier alpha value is -0.780. The first-order valence-corrected chi connectivity index (χ1v) is 8.49. The van der Waals surface area contributed by atoms with Crippen molar-refractivity contribution in [2.24, 2.45) is 0 Å². The van der Waals surface area contributed by atoms with E-state index in [4.69, 9.17) is 22.3 Å². The van der Waals surface area contributed by atoms with Gasteiger partial charge in [0.2, 0.25) is 5.91 Å². The van der Waals surface area contributed by atoms with Gasteiger partial charge in [-0.1, -0.05) is 24.9 Å². The van der Waals surface area contributed by atoms with E-state index in [1.165, 1.54) is 12.1 Å². The molecule has 1 rings (SSSR count). The minimum atomic E-state index is -3.83. The fourth-order valence-corrected chi connectivity index (χ4v) is 2.77. The highest BCUT2D eigenvalue weighted by Gasteiger charge is 2.16. The Labute approximate surface area is 122 Å². The lowest BCUT2D eigenvalue weighted by atomic mass is 10.2. The van der Waals surface area contributed by atoms with Crippen molar-refractivity contribution in [2.45, 2.75) is 38.0 Å². The van der Waals surface area contributed by atoms with Gasteiger partial charge >= 0.3 is 0 Å². The molecule has 4 nitrogen and oxygen atoms in total. The van der Waals surface area contributed by atoms with Gasteiger partial charge in [-0.15, -0.1) is 0 Å². The van der Waals surface area contributed by atoms with Gasteiger partial charge in [-0.3, -0.25) is 4.79 Å². The van der Waals surface area contributed by atoms with E-state index >= 15 is 0 Å². The molecule has 1 aromatic rings. The van der Waals surface area contributed by atoms with Crippen molar-refractivity contribution in [1.82, 2.24) is 0 Å². The molecule has 0 spiro atoms. The summed E-state index contributed by atoms with van der Waals surface area (Å²) in [5, 5.41) is 2.84. The van der Waals surface area contributed by atoms with Crippen LogP contribution in [0.25, 0.3) is 0 Å². The van der Waals surface area contributed by atoms with Gasteiger partial charge in [-0.05, 0) is 31.0 Å². The molecule has 19 heavy (non-hydrogen) atoms. The topological polar surface area (TPSA) is 63.2 Å². The molecule has 0 saturated carbocycles. The first kappa shape index (κ1) is 16.3. The van der Waals surface area contributed by atoms with Crippen molar-refractivity contribution < 1.29 is 13.2 Å². The molecule has 0 saturated heterocycles. The summed E-state index contributed by atoms with van der Waals surface area (Å²) in [6.45, 7) is 3.65. The third kappa shape index (κ3) is 4.67. The van der Waals surface area contributed by atoms with Crippen LogP contribution in [0.2, 0.25) is 5.02 Å². The lowest BCUT2D eigenvalue weighted by Gasteiger charge is -2.11. The number of carbonyl (C=O) groups is 1. The summed E-state index contributed by atoms with van der Waals surface area (Å²) < 4.78 is 22.5. The van der Waals surface area contributed by atoms with Crippen molar-refractivity contribution in [3.8, 4) is 0 Å². The first-order valence-electron chi connectivity index (χ1n) is 5.80. The minimum absolute atomic E-state index is 0.0803. The van der Waals surface area contributed by atoms with Crippen LogP contribution in [0.5, 0.6) is 0 Å². The fourth-order valence-electron chi connectivity index (χ4n) is 1.55. The van der Waals surface area contributed by atoms with Crippen LogP contribution in [0.4, 0.5) is 5.69 Å². The quantitative estimate of drug-likeness (QED) is 0.840. The minimum Gasteiger partial charge on any atom is -0.325 e. The van der Waals surface area contributed by atoms with Gasteiger partial charge in [0.1, 0.15) is 0 Å². The van der Waals surface area contributed by atoms with E-state index in [0.29, 0.717) is 17.7 Å². The summed E-state index contributed by atoms with van der Waals surface area (Å²) in [4.78, 5) is 11.6. The van der Waals surface area contributed by atoms with Gasteiger partial charge in [0.25, 0.3) is 9.05 Å². The standard InChI is InChI=1S/C12H15Cl2NO3S/c1-3-4-5-11(16)15-12-8(2)6-9(7-10(12)13)19(14,17)18/h6-7H,3-5H2,1-2H3,(H,15,16). The van der Waals surface area contributed by atoms with Gasteiger partial charge in [-0.2, -0.15) is 0 Å². The van der Waals surface area contributed by atoms with Crippen molar-refractivity contribution in [3.05, 3.63) is 22.7 Å². The maximum atomic E-state index is 11.6. The van der Waals surface area contributed by atoms with E-state index in [1.807, 2.05) is 6.92 Å². The van der Waals surface area contributed by atoms with E-state index in [-0.39, 0.29) is 15.8 Å². The van der Waals surface area contributed by atoms with E-state index in [9.17, 15) is 13.2 Å². The number of halogens is 2. The molecule has 0 heterocycles. The second kappa shape index (κ2) is 6.59. The molecule has 0 radical (unpaired) electrons. The van der Waals surface area contributed by atoms with Crippen LogP contribution in [-0.2, 0) is 13.8 Å². The molecule has 0 aliphatic rings. The highest BCUT2D eigenvalue weighted by molar-refractivity contribution is 8.13. The number of hydrogen-bond acceptors (Lipinski definition) is 3. The second-order valence-electron chi connectivity index (χ2n) is 4.19. The third-order valence-corrected chi connectivity index (χ3v) is 4.20. The van der Waals surface area contributed by atoms with Crippen LogP contribution in [0.15, 0.2) is 17.0 Å². The number of unbranched alkanes of at least 4 members (excludes halogenated alkanes) is 1. The molecule has 0 bridgehead atoms. The molecule has 0 aliphatic heterocycles. The Morgan fingerprint density at radius 3 is 2.47 bits per heavy atom. The van der Waals surface area contributed by atoms with E-state index in [2.05, 4.69) is 5.32 Å². The zero-order chi connectivity index (χ0) is 14.6. The van der Waals surface area contributed by atoms with Crippen LogP contribution in [0, 0.1) is 6.92 Å². The normalized spacial score (nSPS) is 11.4. The van der Waals surface area contributed by atoms with Gasteiger partial charge in [0.05, 0.1) is 15.6 Å². The molecule has 1 amide bonds. The summed E-state index contributed by atoms with van der Waals surface area (Å²) in [7, 11) is 1.42. The summed E-state index contributed by atoms with van der Waals surface area (Å²) in [5.74, 6) is -0.145. The molecule has 0 unspecified atom stereocenters. The molecule has 1 aromatic carbocycles. The van der Waals surface area contributed by atoms with Crippen molar-refractivity contribution in [2.75, 3.05) is 5.32 Å². The first-order chi connectivity index (χ1) is 8.75. The van der Waals surface area contributed by atoms with Gasteiger partial charge in [-0.25, -0.2) is 8.42 Å². The lowest BCUT2D eigenvalue weighted by molar-refractivity contribution is -0.116. The maximum absolute atomic E-state index is 11.6. The highest BCUT2D eigenvalue weighted by Crippen LogP contribution is 2.30. The van der Waals surface area contributed by atoms with Crippen LogP contribution in [0.1, 0.15) is 31.7 Å². The zero-order valence-corrected chi connectivity index (χ0v) is 13.0. The maximum Gasteiger partial charge on any atom is 0.261 e. The monoisotopic (exact) mass is 323 g/mol. The zero-order valence-electron chi connectivity index (χ0n) is 10.7. The van der Waals surface area contributed by atoms with Crippen LogP contribution in [-0.4, -0.2) is 14.3 Å². The Balaban J connectivity index is 3.01. The summed E-state index contributed by atoms with van der Waals surface area (Å²) in [5.41, 5.74) is 0.975. The average Bonchev–Trinajstić information content (AvgIpc) is 2.29. The number of amides is 1. The Bertz CT molecular complexity index is 562. The number of hydrogen-bond donors (Lipinski definition) is 1. The predicted molar refractivity (Wildman–Crippen MR) is 77.4 cm³/mol. The van der Waals surface area contributed by atoms with E-state index < -0.39 is 9.05 Å². The van der Waals surface area contributed by atoms with Gasteiger partial charge in [0.15, 0.2) is 0 Å². The van der Waals surface area contributed by atoms with Crippen LogP contribution >= 0.6 is 22.3 Å². The largest absolute Gasteiger partial charge is 0.325 e. The summed E-state index contributed by atoms with van der Waals surface area (Å²) in [6, 6.07) is 2.61. The van der Waals surface area contributed by atoms with Crippen molar-refractivity contribution >= 4 is 42.9 Å². The van der Waals surface area contributed by atoms with Crippen molar-refractivity contribution in [1.29, 1.82) is 0 Å². The third-order valence-electron chi connectivity index (χ3n) is 2.56. The number of anilines is 1. The molecule has 0 aliphatic carbocycles. The molecule has 1 N–H and O–H groups in total. The SMILES string of the molecule is CCCCC(=O)Nc1c(C)cc(S(=O)(=O)Cl)cc1Cl. The Morgan fingerprint density at radius 1 is 1.37 bits per heavy atom. The predicted octanol–water partition coefficient (Wildman–Crippen LogP) is 3.70. The molecule has 0 fully saturated rings. The molecular formula is C12H15Cl2NO3S. The fraction of sp³-hybridized carbons (Fsp3) is 0.417. The van der Waals surface area contributed by atoms with E-state index in [1.54, 1.807) is 6.92 Å². The van der Waals surface area contributed by atoms with Crippen LogP contribution in [0.3, 0.4) is 0 Å². The number of rotatable bonds is 5. The molecule has 0 atom stereocenters. The van der Waals surface area contributed by atoms with Crippen LogP contribution < -0.4 is 5.32 Å². The Kier molecular flexibility index (Phi) is 5.64.